The molecule has 2 N–H and O–H groups in total. The molecule has 1 aromatic heterocycles. The summed E-state index contributed by atoms with van der Waals surface area (Å²) in [5.41, 5.74) is 0.263. The van der Waals surface area contributed by atoms with E-state index in [2.05, 4.69) is 15.6 Å². The minimum absolute atomic E-state index is 0.0354. The summed E-state index contributed by atoms with van der Waals surface area (Å²) in [7, 11) is 0. The first-order valence-electron chi connectivity index (χ1n) is 4.78. The molecule has 0 bridgehead atoms. The van der Waals surface area contributed by atoms with E-state index < -0.39 is 18.2 Å². The molecule has 0 aromatic carbocycles. The van der Waals surface area contributed by atoms with E-state index in [1.54, 1.807) is 6.07 Å². The highest BCUT2D eigenvalue weighted by Crippen LogP contribution is 2.21. The number of hydrogen-bond donors (Lipinski definition) is 2. The molecule has 0 spiro atoms. The fraction of sp³-hybridized carbons (Fsp3) is 0.200. The minimum atomic E-state index is -0.559. The molecule has 0 unspecified atom stereocenters. The lowest BCUT2D eigenvalue weighted by molar-refractivity contribution is -0.126. The Labute approximate surface area is 113 Å². The Morgan fingerprint density at radius 3 is 2.67 bits per heavy atom. The Hall–Kier alpha value is -1.84. The fourth-order valence-corrected chi connectivity index (χ4v) is 1.44. The average Bonchev–Trinajstić information content (AvgIpc) is 2.30. The van der Waals surface area contributed by atoms with Crippen molar-refractivity contribution < 1.29 is 9.59 Å². The third-order valence-corrected chi connectivity index (χ3v) is 2.27. The first-order chi connectivity index (χ1) is 8.52. The molecule has 1 heterocycles. The molecular formula is C10H8Cl2N4O2. The van der Waals surface area contributed by atoms with Gasteiger partial charge in [0.2, 0.25) is 11.8 Å². The molecule has 8 heteroatoms. The van der Waals surface area contributed by atoms with Gasteiger partial charge >= 0.3 is 0 Å². The minimum Gasteiger partial charge on any atom is -0.343 e. The van der Waals surface area contributed by atoms with E-state index in [0.717, 1.165) is 0 Å². The van der Waals surface area contributed by atoms with E-state index in [-0.39, 0.29) is 22.5 Å². The van der Waals surface area contributed by atoms with Gasteiger partial charge in [-0.2, -0.15) is 5.26 Å². The number of halogens is 2. The number of nitriles is 1. The number of pyridine rings is 1. The van der Waals surface area contributed by atoms with Crippen LogP contribution in [0.15, 0.2) is 12.1 Å². The zero-order chi connectivity index (χ0) is 13.5. The number of nitrogens with zero attached hydrogens (tertiary/aromatic N) is 2. The van der Waals surface area contributed by atoms with Crippen molar-refractivity contribution in [1.82, 2.24) is 10.3 Å². The van der Waals surface area contributed by atoms with Crippen molar-refractivity contribution in [3.63, 3.8) is 0 Å². The Balaban J connectivity index is 2.55. The smallest absolute Gasteiger partial charge is 0.233 e. The van der Waals surface area contributed by atoms with Crippen LogP contribution in [-0.2, 0) is 9.59 Å². The Morgan fingerprint density at radius 2 is 2.06 bits per heavy atom. The maximum absolute atomic E-state index is 11.4. The lowest BCUT2D eigenvalue weighted by atomic mass is 10.3. The van der Waals surface area contributed by atoms with Gasteiger partial charge in [0.1, 0.15) is 18.1 Å². The van der Waals surface area contributed by atoms with Gasteiger partial charge in [-0.3, -0.25) is 9.59 Å². The van der Waals surface area contributed by atoms with Crippen LogP contribution in [0, 0.1) is 11.3 Å². The van der Waals surface area contributed by atoms with E-state index in [1.165, 1.54) is 12.1 Å². The summed E-state index contributed by atoms with van der Waals surface area (Å²) in [6.07, 6.45) is -0.402. The summed E-state index contributed by atoms with van der Waals surface area (Å²) in [5, 5.41) is 13.1. The van der Waals surface area contributed by atoms with Crippen LogP contribution in [0.3, 0.4) is 0 Å². The van der Waals surface area contributed by atoms with E-state index in [0.29, 0.717) is 0 Å². The van der Waals surface area contributed by atoms with Crippen LogP contribution in [0.25, 0.3) is 0 Å². The van der Waals surface area contributed by atoms with Crippen LogP contribution in [0.2, 0.25) is 10.3 Å². The van der Waals surface area contributed by atoms with Gasteiger partial charge in [-0.1, -0.05) is 23.2 Å². The van der Waals surface area contributed by atoms with Crippen molar-refractivity contribution in [2.24, 2.45) is 0 Å². The van der Waals surface area contributed by atoms with Gasteiger partial charge in [0.05, 0.1) is 11.8 Å². The van der Waals surface area contributed by atoms with E-state index in [9.17, 15) is 9.59 Å². The summed E-state index contributed by atoms with van der Waals surface area (Å²) >= 11 is 11.3. The number of carbonyl (C=O) groups excluding carboxylic acids is 2. The summed E-state index contributed by atoms with van der Waals surface area (Å²) in [6.45, 7) is -0.143. The molecule has 18 heavy (non-hydrogen) atoms. The molecule has 1 aromatic rings. The van der Waals surface area contributed by atoms with Gasteiger partial charge in [-0.05, 0) is 12.1 Å². The monoisotopic (exact) mass is 286 g/mol. The molecule has 1 rings (SSSR count). The maximum Gasteiger partial charge on any atom is 0.233 e. The molecule has 0 saturated carbocycles. The van der Waals surface area contributed by atoms with E-state index in [4.69, 9.17) is 28.5 Å². The van der Waals surface area contributed by atoms with Gasteiger partial charge in [0.15, 0.2) is 5.15 Å². The molecule has 0 fully saturated rings. The maximum atomic E-state index is 11.4. The molecule has 6 nitrogen and oxygen atoms in total. The van der Waals surface area contributed by atoms with Gasteiger partial charge in [-0.25, -0.2) is 4.98 Å². The molecular weight excluding hydrogens is 279 g/mol. The predicted octanol–water partition coefficient (Wildman–Crippen LogP) is 1.36. The highest BCUT2D eigenvalue weighted by Gasteiger charge is 2.11. The second-order valence-corrected chi connectivity index (χ2v) is 3.88. The summed E-state index contributed by atoms with van der Waals surface area (Å²) in [5.74, 6) is -1.11. The summed E-state index contributed by atoms with van der Waals surface area (Å²) in [6, 6.07) is 4.66. The number of carbonyl (C=O) groups is 2. The SMILES string of the molecule is N#CCNC(=O)CC(=O)Nc1ccc(Cl)nc1Cl. The Morgan fingerprint density at radius 1 is 1.33 bits per heavy atom. The number of amides is 2. The molecule has 0 aliphatic heterocycles. The summed E-state index contributed by atoms with van der Waals surface area (Å²) in [4.78, 5) is 26.3. The largest absolute Gasteiger partial charge is 0.343 e. The lowest BCUT2D eigenvalue weighted by Gasteiger charge is -2.06. The third kappa shape index (κ3) is 4.57. The second kappa shape index (κ2) is 6.79. The van der Waals surface area contributed by atoms with E-state index in [1.807, 2.05) is 0 Å². The Kier molecular flexibility index (Phi) is 5.36. The van der Waals surface area contributed by atoms with Gasteiger partial charge in [0, 0.05) is 0 Å². The van der Waals surface area contributed by atoms with Crippen molar-refractivity contribution >= 4 is 40.7 Å². The topological polar surface area (TPSA) is 94.9 Å². The van der Waals surface area contributed by atoms with Crippen LogP contribution in [0.4, 0.5) is 5.69 Å². The van der Waals surface area contributed by atoms with Crippen LogP contribution in [-0.4, -0.2) is 23.3 Å². The van der Waals surface area contributed by atoms with Crippen molar-refractivity contribution in [2.45, 2.75) is 6.42 Å². The van der Waals surface area contributed by atoms with Crippen LogP contribution in [0.1, 0.15) is 6.42 Å². The van der Waals surface area contributed by atoms with Crippen LogP contribution >= 0.6 is 23.2 Å². The average molecular weight is 287 g/mol. The third-order valence-electron chi connectivity index (χ3n) is 1.77. The standard InChI is InChI=1S/C10H8Cl2N4O2/c11-7-2-1-6(10(12)16-7)15-9(18)5-8(17)14-4-3-13/h1-2H,4-5H2,(H,14,17)(H,15,18). The van der Waals surface area contributed by atoms with E-state index >= 15 is 0 Å². The zero-order valence-corrected chi connectivity index (χ0v) is 10.5. The van der Waals surface area contributed by atoms with Crippen molar-refractivity contribution in [3.05, 3.63) is 22.4 Å². The molecule has 0 atom stereocenters. The predicted molar refractivity (Wildman–Crippen MR) is 66.1 cm³/mol. The number of rotatable bonds is 4. The highest BCUT2D eigenvalue weighted by atomic mass is 35.5. The van der Waals surface area contributed by atoms with Crippen LogP contribution in [0.5, 0.6) is 0 Å². The van der Waals surface area contributed by atoms with Gasteiger partial charge in [-0.15, -0.1) is 0 Å². The number of nitrogens with one attached hydrogen (secondary N) is 2. The molecule has 0 aliphatic rings. The Bertz CT molecular complexity index is 513. The zero-order valence-electron chi connectivity index (χ0n) is 9.04. The molecule has 94 valence electrons. The normalized spacial score (nSPS) is 9.39. The van der Waals surface area contributed by atoms with Crippen LogP contribution < -0.4 is 10.6 Å². The molecule has 2 amide bonds. The lowest BCUT2D eigenvalue weighted by Crippen LogP contribution is -2.28. The van der Waals surface area contributed by atoms with Crippen molar-refractivity contribution in [3.8, 4) is 6.07 Å². The number of hydrogen-bond acceptors (Lipinski definition) is 4. The number of aromatic nitrogens is 1. The first-order valence-corrected chi connectivity index (χ1v) is 5.54. The summed E-state index contributed by atoms with van der Waals surface area (Å²) < 4.78 is 0. The number of anilines is 1. The fourth-order valence-electron chi connectivity index (χ4n) is 1.05. The van der Waals surface area contributed by atoms with Crippen molar-refractivity contribution in [2.75, 3.05) is 11.9 Å². The highest BCUT2D eigenvalue weighted by molar-refractivity contribution is 6.34. The second-order valence-electron chi connectivity index (χ2n) is 3.13. The molecule has 0 radical (unpaired) electrons. The van der Waals surface area contributed by atoms with Crippen molar-refractivity contribution in [1.29, 1.82) is 5.26 Å². The quantitative estimate of drug-likeness (QED) is 0.496. The molecule has 0 saturated heterocycles. The molecule has 0 aliphatic carbocycles. The van der Waals surface area contributed by atoms with Gasteiger partial charge < -0.3 is 10.6 Å². The van der Waals surface area contributed by atoms with Gasteiger partial charge in [0.25, 0.3) is 0 Å². The first kappa shape index (κ1) is 14.2.